The number of hydrogen-bond acceptors (Lipinski definition) is 4. The summed E-state index contributed by atoms with van der Waals surface area (Å²) < 4.78 is 6.52. The second kappa shape index (κ2) is 10.8. The van der Waals surface area contributed by atoms with Crippen LogP contribution in [-0.2, 0) is 17.9 Å². The Hall–Kier alpha value is -1.60. The van der Waals surface area contributed by atoms with E-state index in [0.717, 1.165) is 22.5 Å². The summed E-state index contributed by atoms with van der Waals surface area (Å²) in [6, 6.07) is 11.9. The molecule has 3 N–H and O–H groups in total. The topological polar surface area (TPSA) is 65.9 Å². The minimum atomic E-state index is -0.626. The minimum Gasteiger partial charge on any atom is -0.386 e. The highest BCUT2D eigenvalue weighted by molar-refractivity contribution is 7.16. The van der Waals surface area contributed by atoms with Crippen LogP contribution in [0.5, 0.6) is 0 Å². The molecule has 28 heavy (non-hydrogen) atoms. The molecule has 0 saturated carbocycles. The maximum absolute atomic E-state index is 10.3. The number of benzene rings is 1. The Morgan fingerprint density at radius 3 is 2.61 bits per heavy atom. The van der Waals surface area contributed by atoms with E-state index in [2.05, 4.69) is 33.8 Å². The van der Waals surface area contributed by atoms with Crippen LogP contribution in [0.3, 0.4) is 0 Å². The van der Waals surface area contributed by atoms with Crippen molar-refractivity contribution >= 4 is 28.9 Å². The molecule has 1 aromatic carbocycles. The minimum absolute atomic E-state index is 0.163. The first kappa shape index (κ1) is 22.7. The molecule has 0 bridgehead atoms. The van der Waals surface area contributed by atoms with Crippen LogP contribution in [0, 0.1) is 0 Å². The third-order valence-electron chi connectivity index (χ3n) is 3.81. The summed E-state index contributed by atoms with van der Waals surface area (Å²) >= 11 is 7.32. The fourth-order valence-electron chi connectivity index (χ4n) is 2.43. The molecule has 1 heterocycles. The number of aliphatic hydroxyl groups excluding tert-OH is 1. The Balaban J connectivity index is 1.94. The zero-order valence-electron chi connectivity index (χ0n) is 17.0. The maximum atomic E-state index is 10.3. The fraction of sp³-hybridized carbons (Fsp3) is 0.476. The van der Waals surface area contributed by atoms with E-state index in [9.17, 15) is 5.11 Å². The highest BCUT2D eigenvalue weighted by Crippen LogP contribution is 2.26. The van der Waals surface area contributed by atoms with Crippen LogP contribution in [0.25, 0.3) is 0 Å². The lowest BCUT2D eigenvalue weighted by Gasteiger charge is -2.19. The molecule has 1 atom stereocenters. The quantitative estimate of drug-likeness (QED) is 0.432. The fourth-order valence-corrected chi connectivity index (χ4v) is 3.48. The molecule has 1 aromatic heterocycles. The van der Waals surface area contributed by atoms with Crippen molar-refractivity contribution in [2.24, 2.45) is 4.99 Å². The molecule has 7 heteroatoms. The lowest BCUT2D eigenvalue weighted by Crippen LogP contribution is -2.39. The summed E-state index contributed by atoms with van der Waals surface area (Å²) in [4.78, 5) is 5.46. The van der Waals surface area contributed by atoms with Crippen LogP contribution < -0.4 is 10.6 Å². The van der Waals surface area contributed by atoms with E-state index in [0.29, 0.717) is 30.0 Å². The van der Waals surface area contributed by atoms with Gasteiger partial charge in [-0.25, -0.2) is 4.99 Å². The van der Waals surface area contributed by atoms with Gasteiger partial charge in [0.2, 0.25) is 0 Å². The number of thiophene rings is 1. The van der Waals surface area contributed by atoms with Crippen LogP contribution >= 0.6 is 22.9 Å². The number of rotatable bonds is 8. The van der Waals surface area contributed by atoms with Crippen molar-refractivity contribution in [1.82, 2.24) is 10.6 Å². The van der Waals surface area contributed by atoms with Gasteiger partial charge in [-0.05, 0) is 51.0 Å². The van der Waals surface area contributed by atoms with Crippen molar-refractivity contribution in [3.63, 3.8) is 0 Å². The van der Waals surface area contributed by atoms with E-state index in [-0.39, 0.29) is 5.60 Å². The van der Waals surface area contributed by atoms with Crippen molar-refractivity contribution < 1.29 is 9.84 Å². The van der Waals surface area contributed by atoms with Crippen molar-refractivity contribution in [2.75, 3.05) is 13.1 Å². The third kappa shape index (κ3) is 8.19. The van der Waals surface area contributed by atoms with E-state index in [1.165, 1.54) is 11.3 Å². The molecule has 0 aliphatic rings. The van der Waals surface area contributed by atoms with E-state index in [1.54, 1.807) is 6.07 Å². The van der Waals surface area contributed by atoms with Crippen LogP contribution in [0.1, 0.15) is 49.8 Å². The van der Waals surface area contributed by atoms with Gasteiger partial charge in [-0.2, -0.15) is 0 Å². The third-order valence-corrected chi connectivity index (χ3v) is 5.14. The van der Waals surface area contributed by atoms with Crippen molar-refractivity contribution in [3.8, 4) is 0 Å². The molecule has 0 aliphatic carbocycles. The molecule has 1 unspecified atom stereocenters. The average Bonchev–Trinajstić information content (AvgIpc) is 3.08. The van der Waals surface area contributed by atoms with Crippen LogP contribution in [-0.4, -0.2) is 29.8 Å². The largest absolute Gasteiger partial charge is 0.386 e. The second-order valence-corrected chi connectivity index (χ2v) is 9.20. The Labute approximate surface area is 176 Å². The number of halogens is 1. The van der Waals surface area contributed by atoms with Gasteiger partial charge < -0.3 is 20.5 Å². The normalized spacial score (nSPS) is 13.4. The molecular weight excluding hydrogens is 394 g/mol. The van der Waals surface area contributed by atoms with Gasteiger partial charge in [0.1, 0.15) is 6.10 Å². The summed E-state index contributed by atoms with van der Waals surface area (Å²) in [6.07, 6.45) is -0.626. The molecule has 0 amide bonds. The molecule has 0 radical (unpaired) electrons. The van der Waals surface area contributed by atoms with Gasteiger partial charge in [-0.1, -0.05) is 35.9 Å². The van der Waals surface area contributed by atoms with Gasteiger partial charge >= 0.3 is 0 Å². The maximum Gasteiger partial charge on any atom is 0.191 e. The first-order valence-corrected chi connectivity index (χ1v) is 10.6. The Morgan fingerprint density at radius 2 is 1.96 bits per heavy atom. The van der Waals surface area contributed by atoms with Gasteiger partial charge in [-0.15, -0.1) is 11.3 Å². The number of guanidine groups is 1. The lowest BCUT2D eigenvalue weighted by molar-refractivity contribution is -0.0149. The Bertz CT molecular complexity index is 771. The highest BCUT2D eigenvalue weighted by atomic mass is 35.5. The van der Waals surface area contributed by atoms with Crippen molar-refractivity contribution in [1.29, 1.82) is 0 Å². The van der Waals surface area contributed by atoms with Gasteiger partial charge in [0.15, 0.2) is 5.96 Å². The van der Waals surface area contributed by atoms with Crippen molar-refractivity contribution in [3.05, 3.63) is 56.7 Å². The molecule has 154 valence electrons. The number of aliphatic hydroxyl groups is 1. The van der Waals surface area contributed by atoms with Crippen LogP contribution in [0.2, 0.25) is 4.34 Å². The first-order chi connectivity index (χ1) is 13.3. The number of nitrogens with zero attached hydrogens (tertiary/aromatic N) is 1. The molecule has 0 saturated heterocycles. The number of nitrogens with one attached hydrogen (secondary N) is 2. The average molecular weight is 424 g/mol. The number of hydrogen-bond donors (Lipinski definition) is 3. The zero-order chi connectivity index (χ0) is 20.6. The van der Waals surface area contributed by atoms with E-state index >= 15 is 0 Å². The standard InChI is InChI=1S/C21H30ClN3O2S/c1-5-23-20(25-13-17(26)18-9-10-19(22)28-18)24-12-15-7-6-8-16(11-15)14-27-21(2,3)4/h6-11,17,26H,5,12-14H2,1-4H3,(H2,23,24,25). The molecule has 2 rings (SSSR count). The molecule has 5 nitrogen and oxygen atoms in total. The summed E-state index contributed by atoms with van der Waals surface area (Å²) in [7, 11) is 0. The van der Waals surface area contributed by atoms with Crippen LogP contribution in [0.15, 0.2) is 41.4 Å². The Morgan fingerprint density at radius 1 is 1.21 bits per heavy atom. The summed E-state index contributed by atoms with van der Waals surface area (Å²) in [5, 5.41) is 16.7. The van der Waals surface area contributed by atoms with E-state index in [4.69, 9.17) is 16.3 Å². The smallest absolute Gasteiger partial charge is 0.191 e. The molecule has 0 fully saturated rings. The van der Waals surface area contributed by atoms with Crippen LogP contribution in [0.4, 0.5) is 0 Å². The summed E-state index contributed by atoms with van der Waals surface area (Å²) in [6.45, 7) is 10.4. The summed E-state index contributed by atoms with van der Waals surface area (Å²) in [5.74, 6) is 0.667. The van der Waals surface area contributed by atoms with E-state index < -0.39 is 6.10 Å². The van der Waals surface area contributed by atoms with Gasteiger partial charge in [0.05, 0.1) is 23.1 Å². The predicted molar refractivity (Wildman–Crippen MR) is 118 cm³/mol. The SMILES string of the molecule is CCNC(=NCc1cccc(COC(C)(C)C)c1)NCC(O)c1ccc(Cl)s1. The van der Waals surface area contributed by atoms with Gasteiger partial charge in [0, 0.05) is 18.0 Å². The number of ether oxygens (including phenoxy) is 1. The Kier molecular flexibility index (Phi) is 8.76. The first-order valence-electron chi connectivity index (χ1n) is 9.44. The second-order valence-electron chi connectivity index (χ2n) is 7.45. The highest BCUT2D eigenvalue weighted by Gasteiger charge is 2.12. The lowest BCUT2D eigenvalue weighted by atomic mass is 10.1. The monoisotopic (exact) mass is 423 g/mol. The van der Waals surface area contributed by atoms with Gasteiger partial charge in [-0.3, -0.25) is 0 Å². The molecule has 2 aromatic rings. The predicted octanol–water partition coefficient (Wildman–Crippen LogP) is 4.51. The zero-order valence-corrected chi connectivity index (χ0v) is 18.5. The summed E-state index contributed by atoms with van der Waals surface area (Å²) in [5.41, 5.74) is 2.08. The van der Waals surface area contributed by atoms with Gasteiger partial charge in [0.25, 0.3) is 0 Å². The molecule has 0 spiro atoms. The molecule has 0 aliphatic heterocycles. The van der Waals surface area contributed by atoms with E-state index in [1.807, 2.05) is 39.8 Å². The van der Waals surface area contributed by atoms with Crippen molar-refractivity contribution in [2.45, 2.75) is 52.6 Å². The molecular formula is C21H30ClN3O2S. The number of aliphatic imine (C=N–C) groups is 1.